The quantitative estimate of drug-likeness (QED) is 0.426. The highest BCUT2D eigenvalue weighted by molar-refractivity contribution is 5.94. The van der Waals surface area contributed by atoms with E-state index in [2.05, 4.69) is 5.32 Å². The van der Waals surface area contributed by atoms with Gasteiger partial charge in [0.25, 0.3) is 5.91 Å². The molecule has 0 heterocycles. The van der Waals surface area contributed by atoms with Crippen LogP contribution in [0.5, 0.6) is 11.5 Å². The molecule has 6 nitrogen and oxygen atoms in total. The third kappa shape index (κ3) is 5.69. The van der Waals surface area contributed by atoms with Gasteiger partial charge in [-0.1, -0.05) is 0 Å². The van der Waals surface area contributed by atoms with Crippen molar-refractivity contribution in [1.82, 2.24) is 5.32 Å². The van der Waals surface area contributed by atoms with Crippen LogP contribution in [-0.4, -0.2) is 35.7 Å². The number of fused-ring (bicyclic) bond motifs is 2. The molecule has 3 bridgehead atoms. The molecule has 5 atom stereocenters. The molecule has 4 saturated carbocycles. The number of aromatic carboxylic acids is 1. The van der Waals surface area contributed by atoms with Crippen molar-refractivity contribution in [2.24, 2.45) is 29.6 Å². The summed E-state index contributed by atoms with van der Waals surface area (Å²) in [5.41, 5.74) is 0.986. The van der Waals surface area contributed by atoms with E-state index in [0.29, 0.717) is 30.2 Å². The second-order valence-corrected chi connectivity index (χ2v) is 12.2. The summed E-state index contributed by atoms with van der Waals surface area (Å²) in [6.07, 6.45) is 12.1. The second kappa shape index (κ2) is 11.0. The van der Waals surface area contributed by atoms with Crippen molar-refractivity contribution in [2.75, 3.05) is 6.61 Å². The Bertz CT molecular complexity index is 1120. The number of benzene rings is 2. The molecule has 4 aliphatic carbocycles. The molecule has 0 spiro atoms. The van der Waals surface area contributed by atoms with Gasteiger partial charge in [0.05, 0.1) is 18.3 Å². The average molecular weight is 518 g/mol. The van der Waals surface area contributed by atoms with Crippen LogP contribution < -0.4 is 14.8 Å². The molecule has 2 aromatic rings. The number of amides is 1. The van der Waals surface area contributed by atoms with E-state index in [1.807, 2.05) is 24.3 Å². The fourth-order valence-corrected chi connectivity index (χ4v) is 7.73. The Morgan fingerprint density at radius 2 is 1.45 bits per heavy atom. The van der Waals surface area contributed by atoms with Crippen LogP contribution in [0.1, 0.15) is 84.9 Å². The summed E-state index contributed by atoms with van der Waals surface area (Å²) in [5, 5.41) is 12.4. The van der Waals surface area contributed by atoms with Crippen LogP contribution in [0.25, 0.3) is 0 Å². The second-order valence-electron chi connectivity index (χ2n) is 12.2. The molecule has 4 fully saturated rings. The Kier molecular flexibility index (Phi) is 7.31. The number of nitrogens with one attached hydrogen (secondary N) is 1. The zero-order chi connectivity index (χ0) is 26.1. The molecule has 2 N–H and O–H groups in total. The van der Waals surface area contributed by atoms with E-state index in [4.69, 9.17) is 14.6 Å². The minimum absolute atomic E-state index is 0.0564. The van der Waals surface area contributed by atoms with Crippen LogP contribution in [0.4, 0.5) is 0 Å². The average Bonchev–Trinajstić information content (AvgIpc) is 3.18. The highest BCUT2D eigenvalue weighted by Crippen LogP contribution is 2.53. The van der Waals surface area contributed by atoms with Gasteiger partial charge >= 0.3 is 5.97 Å². The first kappa shape index (κ1) is 25.3. The van der Waals surface area contributed by atoms with Crippen LogP contribution in [0.15, 0.2) is 48.5 Å². The standard InChI is InChI=1S/C32H39NO5/c34-31(33-30-14-3-21-15-22-17-25(16-21)29(30)18-22)23-4-12-28(13-5-23)38-27-8-1-20(2-9-27)19-37-26-10-6-24(7-11-26)32(35)36/h4-7,10-13,20-22,25,27,29-30H,1-3,8-9,14-19H2,(H,33,34)(H,35,36). The maximum atomic E-state index is 13.1. The first-order chi connectivity index (χ1) is 18.5. The van der Waals surface area contributed by atoms with Gasteiger partial charge in [0.2, 0.25) is 0 Å². The number of rotatable bonds is 8. The number of carbonyl (C=O) groups is 2. The van der Waals surface area contributed by atoms with Crippen LogP contribution >= 0.6 is 0 Å². The van der Waals surface area contributed by atoms with Crippen molar-refractivity contribution < 1.29 is 24.2 Å². The molecule has 0 radical (unpaired) electrons. The lowest BCUT2D eigenvalue weighted by molar-refractivity contribution is 0.0696. The van der Waals surface area contributed by atoms with E-state index < -0.39 is 5.97 Å². The van der Waals surface area contributed by atoms with E-state index in [0.717, 1.165) is 61.2 Å². The number of ether oxygens (including phenoxy) is 2. The number of carboxylic acids is 1. The summed E-state index contributed by atoms with van der Waals surface area (Å²) in [5.74, 6) is 4.42. The van der Waals surface area contributed by atoms with Crippen LogP contribution in [-0.2, 0) is 0 Å². The van der Waals surface area contributed by atoms with Crippen molar-refractivity contribution in [3.63, 3.8) is 0 Å². The lowest BCUT2D eigenvalue weighted by Gasteiger charge is -2.29. The normalized spacial score (nSPS) is 31.8. The predicted molar refractivity (Wildman–Crippen MR) is 145 cm³/mol. The molecule has 202 valence electrons. The fourth-order valence-electron chi connectivity index (χ4n) is 7.73. The fraction of sp³-hybridized carbons (Fsp3) is 0.562. The van der Waals surface area contributed by atoms with Gasteiger partial charge in [-0.3, -0.25) is 4.79 Å². The van der Waals surface area contributed by atoms with Crippen LogP contribution in [0.3, 0.4) is 0 Å². The highest BCUT2D eigenvalue weighted by atomic mass is 16.5. The Hall–Kier alpha value is -3.02. The Morgan fingerprint density at radius 3 is 2.18 bits per heavy atom. The Labute approximate surface area is 225 Å². The van der Waals surface area contributed by atoms with Crippen molar-refractivity contribution in [3.8, 4) is 11.5 Å². The van der Waals surface area contributed by atoms with Crippen LogP contribution in [0.2, 0.25) is 0 Å². The van der Waals surface area contributed by atoms with Crippen molar-refractivity contribution in [2.45, 2.75) is 76.4 Å². The van der Waals surface area contributed by atoms with Gasteiger partial charge in [-0.2, -0.15) is 0 Å². The van der Waals surface area contributed by atoms with E-state index in [1.54, 1.807) is 24.3 Å². The van der Waals surface area contributed by atoms with E-state index in [1.165, 1.54) is 32.1 Å². The molecule has 2 aromatic carbocycles. The number of hydrogen-bond donors (Lipinski definition) is 2. The molecule has 0 aliphatic heterocycles. The van der Waals surface area contributed by atoms with Crippen molar-refractivity contribution in [3.05, 3.63) is 59.7 Å². The summed E-state index contributed by atoms with van der Waals surface area (Å²) in [4.78, 5) is 24.0. The summed E-state index contributed by atoms with van der Waals surface area (Å²) < 4.78 is 12.1. The van der Waals surface area contributed by atoms with Gasteiger partial charge in [0.15, 0.2) is 0 Å². The first-order valence-corrected chi connectivity index (χ1v) is 14.5. The molecule has 6 rings (SSSR count). The van der Waals surface area contributed by atoms with Gasteiger partial charge in [-0.25, -0.2) is 4.79 Å². The number of carbonyl (C=O) groups excluding carboxylic acids is 1. The molecule has 4 aliphatic rings. The Balaban J connectivity index is 0.945. The largest absolute Gasteiger partial charge is 0.493 e. The molecule has 5 unspecified atom stereocenters. The molecule has 1 amide bonds. The smallest absolute Gasteiger partial charge is 0.335 e. The minimum atomic E-state index is -0.930. The molecule has 0 aromatic heterocycles. The summed E-state index contributed by atoms with van der Waals surface area (Å²) in [7, 11) is 0. The van der Waals surface area contributed by atoms with Crippen molar-refractivity contribution in [1.29, 1.82) is 0 Å². The topological polar surface area (TPSA) is 84.9 Å². The third-order valence-corrected chi connectivity index (χ3v) is 9.67. The van der Waals surface area contributed by atoms with Gasteiger partial charge in [-0.05, 0) is 142 Å². The lowest BCUT2D eigenvalue weighted by atomic mass is 9.80. The minimum Gasteiger partial charge on any atom is -0.493 e. The monoisotopic (exact) mass is 517 g/mol. The number of carboxylic acid groups (broad SMARTS) is 1. The van der Waals surface area contributed by atoms with E-state index >= 15 is 0 Å². The molecule has 38 heavy (non-hydrogen) atoms. The maximum Gasteiger partial charge on any atom is 0.335 e. The molecule has 0 saturated heterocycles. The number of hydrogen-bond acceptors (Lipinski definition) is 4. The van der Waals surface area contributed by atoms with Gasteiger partial charge in [0, 0.05) is 11.6 Å². The molecule has 6 heteroatoms. The summed E-state index contributed by atoms with van der Waals surface area (Å²) in [6.45, 7) is 0.632. The van der Waals surface area contributed by atoms with Gasteiger partial charge < -0.3 is 19.9 Å². The first-order valence-electron chi connectivity index (χ1n) is 14.5. The zero-order valence-electron chi connectivity index (χ0n) is 22.0. The van der Waals surface area contributed by atoms with E-state index in [9.17, 15) is 9.59 Å². The maximum absolute atomic E-state index is 13.1. The lowest BCUT2D eigenvalue weighted by Crippen LogP contribution is -2.41. The molecular formula is C32H39NO5. The molecular weight excluding hydrogens is 478 g/mol. The summed E-state index contributed by atoms with van der Waals surface area (Å²) in [6, 6.07) is 14.6. The van der Waals surface area contributed by atoms with Gasteiger partial charge in [-0.15, -0.1) is 0 Å². The van der Waals surface area contributed by atoms with E-state index in [-0.39, 0.29) is 17.6 Å². The van der Waals surface area contributed by atoms with Crippen LogP contribution in [0, 0.1) is 29.6 Å². The highest BCUT2D eigenvalue weighted by Gasteiger charge is 2.46. The summed E-state index contributed by atoms with van der Waals surface area (Å²) >= 11 is 0. The van der Waals surface area contributed by atoms with Gasteiger partial charge in [0.1, 0.15) is 11.5 Å². The zero-order valence-corrected chi connectivity index (χ0v) is 22.0. The SMILES string of the molecule is O=C(O)c1ccc(OCC2CCC(Oc3ccc(C(=O)NC4CCC5CC6CC(C5)C4C6)cc3)CC2)cc1. The van der Waals surface area contributed by atoms with Crippen molar-refractivity contribution >= 4 is 11.9 Å². The third-order valence-electron chi connectivity index (χ3n) is 9.67. The Morgan fingerprint density at radius 1 is 0.763 bits per heavy atom. The predicted octanol–water partition coefficient (Wildman–Crippen LogP) is 6.35.